The molecular formula is C14H12N2S. The van der Waals surface area contributed by atoms with Gasteiger partial charge in [-0.25, -0.2) is 4.98 Å². The second-order valence-corrected chi connectivity index (χ2v) is 5.08. The minimum Gasteiger partial charge on any atom is -0.375 e. The van der Waals surface area contributed by atoms with Gasteiger partial charge in [0.05, 0.1) is 10.2 Å². The number of fused-ring (bicyclic) bond motifs is 1. The van der Waals surface area contributed by atoms with Crippen molar-refractivity contribution < 1.29 is 0 Å². The van der Waals surface area contributed by atoms with Gasteiger partial charge in [-0.15, -0.1) is 0 Å². The van der Waals surface area contributed by atoms with Gasteiger partial charge in [0.2, 0.25) is 0 Å². The summed E-state index contributed by atoms with van der Waals surface area (Å²) in [6.07, 6.45) is 0.939. The Hall–Kier alpha value is -1.87. The fourth-order valence-electron chi connectivity index (χ4n) is 1.93. The van der Waals surface area contributed by atoms with Crippen molar-refractivity contribution in [3.63, 3.8) is 0 Å². The number of aromatic nitrogens is 1. The van der Waals surface area contributed by atoms with Crippen molar-refractivity contribution in [3.05, 3.63) is 59.7 Å². The topological polar surface area (TPSA) is 38.9 Å². The van der Waals surface area contributed by atoms with E-state index in [4.69, 9.17) is 5.73 Å². The first-order valence-electron chi connectivity index (χ1n) is 5.50. The number of hydrogen-bond acceptors (Lipinski definition) is 3. The van der Waals surface area contributed by atoms with Gasteiger partial charge in [0.25, 0.3) is 0 Å². The molecule has 3 rings (SSSR count). The molecule has 17 heavy (non-hydrogen) atoms. The summed E-state index contributed by atoms with van der Waals surface area (Å²) in [4.78, 5) is 4.31. The molecule has 0 spiro atoms. The van der Waals surface area contributed by atoms with E-state index in [0.29, 0.717) is 5.13 Å². The van der Waals surface area contributed by atoms with Crippen LogP contribution in [0.1, 0.15) is 11.1 Å². The fourth-order valence-corrected chi connectivity index (χ4v) is 2.65. The molecule has 0 aliphatic rings. The molecule has 0 atom stereocenters. The predicted octanol–water partition coefficient (Wildman–Crippen LogP) is 3.47. The van der Waals surface area contributed by atoms with Crippen LogP contribution in [0.25, 0.3) is 10.2 Å². The summed E-state index contributed by atoms with van der Waals surface area (Å²) in [5.74, 6) is 0. The number of nitrogens with two attached hydrogens (primary N) is 1. The Kier molecular flexibility index (Phi) is 2.53. The molecule has 2 nitrogen and oxygen atoms in total. The van der Waals surface area contributed by atoms with Gasteiger partial charge in [-0.2, -0.15) is 0 Å². The van der Waals surface area contributed by atoms with Crippen LogP contribution in [0, 0.1) is 0 Å². The molecular weight excluding hydrogens is 228 g/mol. The molecule has 0 bridgehead atoms. The van der Waals surface area contributed by atoms with E-state index in [-0.39, 0.29) is 0 Å². The maximum Gasteiger partial charge on any atom is 0.181 e. The van der Waals surface area contributed by atoms with Crippen molar-refractivity contribution in [1.29, 1.82) is 0 Å². The van der Waals surface area contributed by atoms with Gasteiger partial charge in [-0.3, -0.25) is 0 Å². The van der Waals surface area contributed by atoms with Gasteiger partial charge in [-0.1, -0.05) is 47.7 Å². The van der Waals surface area contributed by atoms with Crippen LogP contribution in [0.15, 0.2) is 48.5 Å². The molecule has 0 aliphatic heterocycles. The van der Waals surface area contributed by atoms with E-state index in [1.165, 1.54) is 22.5 Å². The average Bonchev–Trinajstić information content (AvgIpc) is 2.70. The van der Waals surface area contributed by atoms with Gasteiger partial charge >= 0.3 is 0 Å². The molecule has 0 unspecified atom stereocenters. The van der Waals surface area contributed by atoms with Gasteiger partial charge in [0, 0.05) is 0 Å². The van der Waals surface area contributed by atoms with E-state index < -0.39 is 0 Å². The molecule has 0 saturated carbocycles. The number of benzene rings is 2. The van der Waals surface area contributed by atoms with Crippen molar-refractivity contribution in [3.8, 4) is 0 Å². The average molecular weight is 240 g/mol. The van der Waals surface area contributed by atoms with E-state index in [0.717, 1.165) is 16.6 Å². The molecule has 1 heterocycles. The molecule has 3 aromatic rings. The van der Waals surface area contributed by atoms with Crippen LogP contribution >= 0.6 is 11.3 Å². The molecule has 0 aliphatic carbocycles. The Morgan fingerprint density at radius 2 is 1.82 bits per heavy atom. The summed E-state index contributed by atoms with van der Waals surface area (Å²) in [5.41, 5.74) is 9.29. The number of nitrogen functional groups attached to an aromatic ring is 1. The Labute approximate surface area is 104 Å². The molecule has 0 radical (unpaired) electrons. The van der Waals surface area contributed by atoms with E-state index in [2.05, 4.69) is 47.4 Å². The van der Waals surface area contributed by atoms with E-state index in [1.54, 1.807) is 0 Å². The van der Waals surface area contributed by atoms with Gasteiger partial charge in [-0.05, 0) is 29.7 Å². The highest BCUT2D eigenvalue weighted by molar-refractivity contribution is 7.22. The van der Waals surface area contributed by atoms with Crippen LogP contribution in [0.3, 0.4) is 0 Å². The monoisotopic (exact) mass is 240 g/mol. The van der Waals surface area contributed by atoms with E-state index >= 15 is 0 Å². The highest BCUT2D eigenvalue weighted by Crippen LogP contribution is 2.25. The van der Waals surface area contributed by atoms with Crippen LogP contribution in [0.4, 0.5) is 5.13 Å². The summed E-state index contributed by atoms with van der Waals surface area (Å²) >= 11 is 1.53. The third kappa shape index (κ3) is 2.15. The van der Waals surface area contributed by atoms with Crippen LogP contribution in [-0.4, -0.2) is 4.98 Å². The van der Waals surface area contributed by atoms with Crippen molar-refractivity contribution in [2.75, 3.05) is 5.73 Å². The lowest BCUT2D eigenvalue weighted by molar-refractivity contribution is 1.20. The van der Waals surface area contributed by atoms with Crippen LogP contribution in [0.5, 0.6) is 0 Å². The molecule has 3 heteroatoms. The number of rotatable bonds is 2. The van der Waals surface area contributed by atoms with Crippen LogP contribution in [0.2, 0.25) is 0 Å². The lowest BCUT2D eigenvalue weighted by atomic mass is 10.1. The minimum absolute atomic E-state index is 0.636. The lowest BCUT2D eigenvalue weighted by Gasteiger charge is -2.01. The van der Waals surface area contributed by atoms with Crippen molar-refractivity contribution in [2.45, 2.75) is 6.42 Å². The number of anilines is 1. The zero-order valence-corrected chi connectivity index (χ0v) is 10.1. The van der Waals surface area contributed by atoms with Gasteiger partial charge in [0.1, 0.15) is 0 Å². The van der Waals surface area contributed by atoms with Gasteiger partial charge < -0.3 is 5.73 Å². The summed E-state index contributed by atoms with van der Waals surface area (Å²) in [6, 6.07) is 16.8. The van der Waals surface area contributed by atoms with Gasteiger partial charge in [0.15, 0.2) is 5.13 Å². The molecule has 0 amide bonds. The summed E-state index contributed by atoms with van der Waals surface area (Å²) in [7, 11) is 0. The molecule has 2 N–H and O–H groups in total. The summed E-state index contributed by atoms with van der Waals surface area (Å²) in [5, 5.41) is 0.636. The first-order valence-corrected chi connectivity index (χ1v) is 6.32. The number of nitrogens with zero attached hydrogens (tertiary/aromatic N) is 1. The Bertz CT molecular complexity index is 644. The summed E-state index contributed by atoms with van der Waals surface area (Å²) in [6.45, 7) is 0. The van der Waals surface area contributed by atoms with Crippen molar-refractivity contribution in [2.24, 2.45) is 0 Å². The molecule has 2 aromatic carbocycles. The van der Waals surface area contributed by atoms with Crippen molar-refractivity contribution >= 4 is 26.7 Å². The smallest absolute Gasteiger partial charge is 0.181 e. The molecule has 0 saturated heterocycles. The van der Waals surface area contributed by atoms with E-state index in [9.17, 15) is 0 Å². The highest BCUT2D eigenvalue weighted by Gasteiger charge is 2.02. The quantitative estimate of drug-likeness (QED) is 0.745. The zero-order chi connectivity index (χ0) is 11.7. The van der Waals surface area contributed by atoms with Crippen LogP contribution in [-0.2, 0) is 6.42 Å². The van der Waals surface area contributed by atoms with E-state index in [1.807, 2.05) is 6.07 Å². The highest BCUT2D eigenvalue weighted by atomic mass is 32.1. The second-order valence-electron chi connectivity index (χ2n) is 4.02. The fraction of sp³-hybridized carbons (Fsp3) is 0.0714. The largest absolute Gasteiger partial charge is 0.375 e. The Morgan fingerprint density at radius 1 is 1.00 bits per heavy atom. The molecule has 1 aromatic heterocycles. The lowest BCUT2D eigenvalue weighted by Crippen LogP contribution is -1.87. The molecule has 84 valence electrons. The maximum absolute atomic E-state index is 5.70. The Balaban J connectivity index is 1.95. The minimum atomic E-state index is 0.636. The predicted molar refractivity (Wildman–Crippen MR) is 73.3 cm³/mol. The first kappa shape index (κ1) is 10.3. The third-order valence-electron chi connectivity index (χ3n) is 2.72. The zero-order valence-electron chi connectivity index (χ0n) is 9.26. The van der Waals surface area contributed by atoms with Crippen molar-refractivity contribution in [1.82, 2.24) is 4.98 Å². The second kappa shape index (κ2) is 4.18. The summed E-state index contributed by atoms with van der Waals surface area (Å²) < 4.78 is 1.15. The first-order chi connectivity index (χ1) is 8.31. The Morgan fingerprint density at radius 3 is 2.65 bits per heavy atom. The SMILES string of the molecule is Nc1nc2cc(Cc3ccccc3)ccc2s1. The number of hydrogen-bond donors (Lipinski definition) is 1. The normalized spacial score (nSPS) is 10.8. The molecule has 0 fully saturated rings. The standard InChI is InChI=1S/C14H12N2S/c15-14-16-12-9-11(6-7-13(12)17-14)8-10-4-2-1-3-5-10/h1-7,9H,8H2,(H2,15,16). The third-order valence-corrected chi connectivity index (χ3v) is 3.59. The van der Waals surface area contributed by atoms with Crippen LogP contribution < -0.4 is 5.73 Å². The maximum atomic E-state index is 5.70. The number of thiazole rings is 1.